The summed E-state index contributed by atoms with van der Waals surface area (Å²) >= 11 is 0. The molecule has 3 saturated carbocycles. The number of hydrogen-bond acceptors (Lipinski definition) is 6. The molecule has 4 aliphatic carbocycles. The molecule has 204 valence electrons. The molecule has 7 atom stereocenters. The van der Waals surface area contributed by atoms with Crippen molar-refractivity contribution in [2.75, 3.05) is 13.7 Å². The molecule has 7 nitrogen and oxygen atoms in total. The molecule has 1 aromatic rings. The van der Waals surface area contributed by atoms with E-state index in [1.807, 2.05) is 19.1 Å². The van der Waals surface area contributed by atoms with Gasteiger partial charge in [-0.25, -0.2) is 4.79 Å². The number of benzene rings is 1. The second kappa shape index (κ2) is 9.99. The number of carbonyl (C=O) groups is 2. The van der Waals surface area contributed by atoms with E-state index in [1.165, 1.54) is 12.7 Å². The highest BCUT2D eigenvalue weighted by molar-refractivity contribution is 6.05. The summed E-state index contributed by atoms with van der Waals surface area (Å²) in [6.07, 6.45) is 12.8. The summed E-state index contributed by atoms with van der Waals surface area (Å²) in [6.45, 7) is 6.41. The SMILES string of the molecule is COC(=O)[C@H](NC(=O)CO/N=C1/C=C[C@@]2(C)C(=C1)CC[C@H]1[C@H]3CC[C@](C)(O)[C@@]3(C)CC[C@@H]12)c1ccccc1. The van der Waals surface area contributed by atoms with Crippen molar-refractivity contribution in [2.45, 2.75) is 70.9 Å². The summed E-state index contributed by atoms with van der Waals surface area (Å²) in [7, 11) is 1.29. The molecule has 0 heterocycles. The number of aliphatic hydroxyl groups is 1. The Labute approximate surface area is 225 Å². The number of fused-ring (bicyclic) bond motifs is 5. The highest BCUT2D eigenvalue weighted by Crippen LogP contribution is 2.66. The Morgan fingerprint density at radius 1 is 1.11 bits per heavy atom. The third-order valence-electron chi connectivity index (χ3n) is 10.4. The number of ether oxygens (including phenoxy) is 1. The molecule has 1 aromatic carbocycles. The summed E-state index contributed by atoms with van der Waals surface area (Å²) in [5, 5.41) is 18.0. The maximum Gasteiger partial charge on any atom is 0.333 e. The van der Waals surface area contributed by atoms with E-state index in [0.717, 1.165) is 38.5 Å². The van der Waals surface area contributed by atoms with E-state index in [9.17, 15) is 14.7 Å². The van der Waals surface area contributed by atoms with E-state index in [1.54, 1.807) is 24.3 Å². The zero-order valence-corrected chi connectivity index (χ0v) is 22.9. The molecule has 7 heteroatoms. The molecule has 4 aliphatic rings. The van der Waals surface area contributed by atoms with E-state index < -0.39 is 23.5 Å². The molecular formula is C31H40N2O5. The highest BCUT2D eigenvalue weighted by Gasteiger charge is 2.61. The number of rotatable bonds is 6. The van der Waals surface area contributed by atoms with Crippen LogP contribution in [0.4, 0.5) is 0 Å². The molecule has 0 radical (unpaired) electrons. The van der Waals surface area contributed by atoms with Gasteiger partial charge in [0.15, 0.2) is 12.6 Å². The molecule has 0 aliphatic heterocycles. The largest absolute Gasteiger partial charge is 0.467 e. The number of amides is 1. The first kappa shape index (κ1) is 26.7. The Morgan fingerprint density at radius 3 is 2.58 bits per heavy atom. The monoisotopic (exact) mass is 520 g/mol. The lowest BCUT2D eigenvalue weighted by Crippen LogP contribution is -2.53. The number of nitrogens with zero attached hydrogens (tertiary/aromatic N) is 1. The fourth-order valence-corrected chi connectivity index (χ4v) is 7.92. The molecule has 3 fully saturated rings. The van der Waals surface area contributed by atoms with Crippen LogP contribution in [0.3, 0.4) is 0 Å². The van der Waals surface area contributed by atoms with Crippen LogP contribution < -0.4 is 5.32 Å². The van der Waals surface area contributed by atoms with Crippen LogP contribution in [-0.2, 0) is 19.2 Å². The summed E-state index contributed by atoms with van der Waals surface area (Å²) in [6, 6.07) is 8.05. The van der Waals surface area contributed by atoms with E-state index in [0.29, 0.717) is 29.0 Å². The minimum atomic E-state index is -0.904. The maximum atomic E-state index is 12.5. The van der Waals surface area contributed by atoms with Crippen molar-refractivity contribution in [3.63, 3.8) is 0 Å². The van der Waals surface area contributed by atoms with Gasteiger partial charge in [-0.2, -0.15) is 0 Å². The lowest BCUT2D eigenvalue weighted by atomic mass is 9.47. The van der Waals surface area contributed by atoms with Crippen molar-refractivity contribution in [3.05, 3.63) is 59.7 Å². The quantitative estimate of drug-likeness (QED) is 0.412. The van der Waals surface area contributed by atoms with Gasteiger partial charge < -0.3 is 20.0 Å². The molecule has 0 saturated heterocycles. The van der Waals surface area contributed by atoms with Gasteiger partial charge in [0.05, 0.1) is 12.7 Å². The van der Waals surface area contributed by atoms with E-state index in [-0.39, 0.29) is 17.4 Å². The number of oxime groups is 1. The molecule has 0 unspecified atom stereocenters. The minimum Gasteiger partial charge on any atom is -0.467 e. The van der Waals surface area contributed by atoms with Crippen molar-refractivity contribution in [3.8, 4) is 0 Å². The standard InChI is InChI=1S/C31H40N2O5/c1-29-15-12-22(33-38-19-26(34)32-27(28(35)37-4)20-8-6-5-7-9-20)18-21(29)10-11-23-24(29)13-16-30(2)25(23)14-17-31(30,3)36/h5-9,12,15,18,23-25,27,36H,10-11,13-14,16-17,19H2,1-4H3,(H,32,34)/b33-22-/t23-,24+,25-,27-,29+,30+,31+/m1/s1. The van der Waals surface area contributed by atoms with Crippen LogP contribution in [0.2, 0.25) is 0 Å². The number of carbonyl (C=O) groups excluding carboxylic acids is 2. The zero-order valence-electron chi connectivity index (χ0n) is 22.9. The lowest BCUT2D eigenvalue weighted by Gasteiger charge is -2.58. The normalized spacial score (nSPS) is 37.3. The third-order valence-corrected chi connectivity index (χ3v) is 10.4. The van der Waals surface area contributed by atoms with Crippen molar-refractivity contribution in [1.29, 1.82) is 0 Å². The molecule has 2 N–H and O–H groups in total. The van der Waals surface area contributed by atoms with Crippen molar-refractivity contribution in [1.82, 2.24) is 5.32 Å². The first-order valence-electron chi connectivity index (χ1n) is 13.8. The van der Waals surface area contributed by atoms with Gasteiger partial charge in [-0.3, -0.25) is 4.79 Å². The second-order valence-corrected chi connectivity index (χ2v) is 12.2. The first-order chi connectivity index (χ1) is 18.1. The lowest BCUT2D eigenvalue weighted by molar-refractivity contribution is -0.145. The Balaban J connectivity index is 1.22. The average molecular weight is 521 g/mol. The minimum absolute atomic E-state index is 0.0124. The van der Waals surface area contributed by atoms with Crippen LogP contribution in [0.25, 0.3) is 0 Å². The Kier molecular flexibility index (Phi) is 7.01. The van der Waals surface area contributed by atoms with Crippen LogP contribution in [0.5, 0.6) is 0 Å². The molecule has 1 amide bonds. The number of nitrogens with one attached hydrogen (secondary N) is 1. The molecule has 38 heavy (non-hydrogen) atoms. The molecule has 5 rings (SSSR count). The van der Waals surface area contributed by atoms with Crippen LogP contribution >= 0.6 is 0 Å². The van der Waals surface area contributed by atoms with Gasteiger partial charge in [0, 0.05) is 5.41 Å². The Morgan fingerprint density at radius 2 is 1.84 bits per heavy atom. The van der Waals surface area contributed by atoms with Crippen LogP contribution in [0, 0.1) is 28.6 Å². The predicted molar refractivity (Wildman–Crippen MR) is 145 cm³/mol. The van der Waals surface area contributed by atoms with E-state index >= 15 is 0 Å². The van der Waals surface area contributed by atoms with E-state index in [2.05, 4.69) is 36.5 Å². The predicted octanol–water partition coefficient (Wildman–Crippen LogP) is 4.88. The topological polar surface area (TPSA) is 97.2 Å². The second-order valence-electron chi connectivity index (χ2n) is 12.2. The summed E-state index contributed by atoms with van der Waals surface area (Å²) in [5.41, 5.74) is 2.13. The highest BCUT2D eigenvalue weighted by atomic mass is 16.6. The third kappa shape index (κ3) is 4.49. The van der Waals surface area contributed by atoms with Gasteiger partial charge in [0.25, 0.3) is 5.91 Å². The molecule has 0 aromatic heterocycles. The first-order valence-corrected chi connectivity index (χ1v) is 13.8. The van der Waals surface area contributed by atoms with Gasteiger partial charge in [0.2, 0.25) is 0 Å². The van der Waals surface area contributed by atoms with Gasteiger partial charge in [-0.05, 0) is 86.3 Å². The average Bonchev–Trinajstić information content (AvgIpc) is 3.16. The molecular weight excluding hydrogens is 480 g/mol. The van der Waals surface area contributed by atoms with Crippen molar-refractivity contribution < 1.29 is 24.3 Å². The smallest absolute Gasteiger partial charge is 0.333 e. The summed E-state index contributed by atoms with van der Waals surface area (Å²) in [5.74, 6) is 0.760. The molecule has 0 spiro atoms. The zero-order chi connectivity index (χ0) is 27.1. The number of hydrogen-bond donors (Lipinski definition) is 2. The summed E-state index contributed by atoms with van der Waals surface area (Å²) < 4.78 is 4.85. The van der Waals surface area contributed by atoms with Gasteiger partial charge in [-0.1, -0.05) is 61.0 Å². The van der Waals surface area contributed by atoms with Crippen LogP contribution in [-0.4, -0.2) is 42.0 Å². The van der Waals surface area contributed by atoms with Crippen LogP contribution in [0.1, 0.15) is 70.9 Å². The fourth-order valence-electron chi connectivity index (χ4n) is 7.92. The summed E-state index contributed by atoms with van der Waals surface area (Å²) in [4.78, 5) is 30.1. The Bertz CT molecular complexity index is 1170. The maximum absolute atomic E-state index is 12.5. The molecule has 0 bridgehead atoms. The van der Waals surface area contributed by atoms with Gasteiger partial charge in [0.1, 0.15) is 5.71 Å². The van der Waals surface area contributed by atoms with E-state index in [4.69, 9.17) is 9.57 Å². The van der Waals surface area contributed by atoms with Gasteiger partial charge in [-0.15, -0.1) is 0 Å². The fraction of sp³-hybridized carbons (Fsp3) is 0.581. The van der Waals surface area contributed by atoms with Crippen molar-refractivity contribution >= 4 is 17.6 Å². The van der Waals surface area contributed by atoms with Gasteiger partial charge >= 0.3 is 5.97 Å². The van der Waals surface area contributed by atoms with Crippen molar-refractivity contribution in [2.24, 2.45) is 33.7 Å². The number of esters is 1. The van der Waals surface area contributed by atoms with Crippen LogP contribution in [0.15, 0.2) is 59.3 Å². The number of methoxy groups -OCH3 is 1. The Hall–Kier alpha value is -2.93. The number of allylic oxidation sites excluding steroid dienone is 4.